The minimum Gasteiger partial charge on any atom is -0.505 e. The molecule has 3 rings (SSSR count). The van der Waals surface area contributed by atoms with Crippen LogP contribution in [0.1, 0.15) is 40.9 Å². The average Bonchev–Trinajstić information content (AvgIpc) is 2.77. The number of methoxy groups -OCH3 is 1. The smallest absolute Gasteiger partial charge is 0.251 e. The minimum atomic E-state index is -0.666. The van der Waals surface area contributed by atoms with Crippen molar-refractivity contribution in [2.75, 3.05) is 20.3 Å². The number of aromatic nitrogens is 1. The Morgan fingerprint density at radius 3 is 2.65 bits per heavy atom. The van der Waals surface area contributed by atoms with Crippen LogP contribution in [0.5, 0.6) is 5.75 Å². The standard InChI is InChI=1S/C23H24ClN3O4/c1-14(28)27-20(18-13-19(24)17-5-3-10-25-21(17)22(18)29)15-6-8-16(9-7-15)23(30)26-11-4-12-31-2/h3,5-10,13,20,29H,4,11-12H2,1-2H3,(H,26,30)(H,27,28). The van der Waals surface area contributed by atoms with Gasteiger partial charge in [0.25, 0.3) is 5.91 Å². The third-order valence-corrected chi connectivity index (χ3v) is 5.13. The van der Waals surface area contributed by atoms with Crippen molar-refractivity contribution in [3.05, 3.63) is 70.4 Å². The van der Waals surface area contributed by atoms with Gasteiger partial charge in [0.1, 0.15) is 11.3 Å². The van der Waals surface area contributed by atoms with Gasteiger partial charge in [-0.1, -0.05) is 23.7 Å². The van der Waals surface area contributed by atoms with Crippen molar-refractivity contribution in [3.63, 3.8) is 0 Å². The van der Waals surface area contributed by atoms with E-state index in [2.05, 4.69) is 15.6 Å². The van der Waals surface area contributed by atoms with E-state index in [1.165, 1.54) is 6.92 Å². The van der Waals surface area contributed by atoms with Crippen molar-refractivity contribution in [2.45, 2.75) is 19.4 Å². The number of pyridine rings is 1. The predicted molar refractivity (Wildman–Crippen MR) is 119 cm³/mol. The fraction of sp³-hybridized carbons (Fsp3) is 0.261. The lowest BCUT2D eigenvalue weighted by Crippen LogP contribution is -2.27. The van der Waals surface area contributed by atoms with Crippen molar-refractivity contribution < 1.29 is 19.4 Å². The molecule has 2 aromatic carbocycles. The van der Waals surface area contributed by atoms with E-state index in [1.54, 1.807) is 55.8 Å². The predicted octanol–water partition coefficient (Wildman–Crippen LogP) is 3.59. The van der Waals surface area contributed by atoms with E-state index in [0.29, 0.717) is 45.8 Å². The number of carbonyl (C=O) groups is 2. The number of benzene rings is 2. The van der Waals surface area contributed by atoms with E-state index in [0.717, 1.165) is 6.42 Å². The van der Waals surface area contributed by atoms with Gasteiger partial charge >= 0.3 is 0 Å². The number of carbonyl (C=O) groups excluding carboxylic acids is 2. The molecule has 0 fully saturated rings. The monoisotopic (exact) mass is 441 g/mol. The van der Waals surface area contributed by atoms with E-state index < -0.39 is 6.04 Å². The lowest BCUT2D eigenvalue weighted by atomic mass is 9.95. The Hall–Kier alpha value is -3.16. The van der Waals surface area contributed by atoms with Crippen LogP contribution in [-0.2, 0) is 9.53 Å². The molecule has 3 N–H and O–H groups in total. The van der Waals surface area contributed by atoms with Crippen LogP contribution in [0.4, 0.5) is 0 Å². The summed E-state index contributed by atoms with van der Waals surface area (Å²) in [6.45, 7) is 2.48. The highest BCUT2D eigenvalue weighted by Crippen LogP contribution is 2.38. The summed E-state index contributed by atoms with van der Waals surface area (Å²) in [6, 6.07) is 11.3. The molecule has 0 radical (unpaired) electrons. The lowest BCUT2D eigenvalue weighted by Gasteiger charge is -2.21. The third-order valence-electron chi connectivity index (χ3n) is 4.82. The highest BCUT2D eigenvalue weighted by atomic mass is 35.5. The Morgan fingerprint density at radius 2 is 1.97 bits per heavy atom. The van der Waals surface area contributed by atoms with Gasteiger partial charge in [-0.3, -0.25) is 14.6 Å². The molecule has 1 atom stereocenters. The number of phenols is 1. The van der Waals surface area contributed by atoms with Gasteiger partial charge in [0.15, 0.2) is 0 Å². The first-order chi connectivity index (χ1) is 14.9. The van der Waals surface area contributed by atoms with Crippen LogP contribution in [-0.4, -0.2) is 42.2 Å². The fourth-order valence-electron chi connectivity index (χ4n) is 3.32. The number of hydrogen-bond acceptors (Lipinski definition) is 5. The molecule has 0 aliphatic carbocycles. The van der Waals surface area contributed by atoms with Gasteiger partial charge in [-0.05, 0) is 42.3 Å². The summed E-state index contributed by atoms with van der Waals surface area (Å²) < 4.78 is 4.97. The van der Waals surface area contributed by atoms with Gasteiger partial charge in [0.05, 0.1) is 11.1 Å². The van der Waals surface area contributed by atoms with Gasteiger partial charge in [-0.2, -0.15) is 0 Å². The number of hydrogen-bond donors (Lipinski definition) is 3. The molecule has 1 aromatic heterocycles. The molecular weight excluding hydrogens is 418 g/mol. The first-order valence-electron chi connectivity index (χ1n) is 9.82. The van der Waals surface area contributed by atoms with Gasteiger partial charge in [0.2, 0.25) is 5.91 Å². The highest BCUT2D eigenvalue weighted by molar-refractivity contribution is 6.35. The van der Waals surface area contributed by atoms with Crippen LogP contribution >= 0.6 is 11.6 Å². The number of phenolic OH excluding ortho intramolecular Hbond substituents is 1. The van der Waals surface area contributed by atoms with E-state index >= 15 is 0 Å². The molecule has 7 nitrogen and oxygen atoms in total. The molecular formula is C23H24ClN3O4. The Morgan fingerprint density at radius 1 is 1.23 bits per heavy atom. The Labute approximate surface area is 185 Å². The Balaban J connectivity index is 1.92. The SMILES string of the molecule is COCCCNC(=O)c1ccc(C(NC(C)=O)c2cc(Cl)c3cccnc3c2O)cc1. The summed E-state index contributed by atoms with van der Waals surface area (Å²) in [6.07, 6.45) is 2.29. The third kappa shape index (κ3) is 5.31. The molecule has 162 valence electrons. The summed E-state index contributed by atoms with van der Waals surface area (Å²) in [7, 11) is 1.61. The lowest BCUT2D eigenvalue weighted by molar-refractivity contribution is -0.119. The van der Waals surface area contributed by atoms with Gasteiger partial charge in [-0.15, -0.1) is 0 Å². The van der Waals surface area contributed by atoms with Crippen molar-refractivity contribution in [2.24, 2.45) is 0 Å². The number of nitrogens with one attached hydrogen (secondary N) is 2. The molecule has 0 saturated carbocycles. The molecule has 1 heterocycles. The molecule has 0 aliphatic rings. The molecule has 2 amide bonds. The second-order valence-electron chi connectivity index (χ2n) is 7.05. The topological polar surface area (TPSA) is 101 Å². The zero-order chi connectivity index (χ0) is 22.4. The average molecular weight is 442 g/mol. The normalized spacial score (nSPS) is 11.8. The van der Waals surface area contributed by atoms with Crippen molar-refractivity contribution in [1.82, 2.24) is 15.6 Å². The maximum absolute atomic E-state index is 12.3. The molecule has 8 heteroatoms. The molecule has 1 unspecified atom stereocenters. The Kier molecular flexibility index (Phi) is 7.44. The summed E-state index contributed by atoms with van der Waals surface area (Å²) in [4.78, 5) is 28.4. The second-order valence-corrected chi connectivity index (χ2v) is 7.46. The van der Waals surface area contributed by atoms with Gasteiger partial charge in [0, 0.05) is 49.9 Å². The summed E-state index contributed by atoms with van der Waals surface area (Å²) >= 11 is 6.41. The number of aromatic hydroxyl groups is 1. The summed E-state index contributed by atoms with van der Waals surface area (Å²) in [5.41, 5.74) is 1.95. The van der Waals surface area contributed by atoms with Crippen molar-refractivity contribution >= 4 is 34.3 Å². The van der Waals surface area contributed by atoms with Crippen molar-refractivity contribution in [3.8, 4) is 5.75 Å². The van der Waals surface area contributed by atoms with Crippen LogP contribution < -0.4 is 10.6 Å². The number of halogens is 1. The van der Waals surface area contributed by atoms with E-state index in [-0.39, 0.29) is 17.6 Å². The number of nitrogens with zero attached hydrogens (tertiary/aromatic N) is 1. The van der Waals surface area contributed by atoms with Gasteiger partial charge < -0.3 is 20.5 Å². The van der Waals surface area contributed by atoms with Gasteiger partial charge in [-0.25, -0.2) is 0 Å². The summed E-state index contributed by atoms with van der Waals surface area (Å²) in [5, 5.41) is 17.6. The number of ether oxygens (including phenoxy) is 1. The minimum absolute atomic E-state index is 0.0567. The number of amides is 2. The maximum atomic E-state index is 12.3. The quantitative estimate of drug-likeness (QED) is 0.464. The Bertz CT molecular complexity index is 1090. The van der Waals surface area contributed by atoms with Crippen LogP contribution in [0, 0.1) is 0 Å². The highest BCUT2D eigenvalue weighted by Gasteiger charge is 2.22. The molecule has 0 bridgehead atoms. The zero-order valence-electron chi connectivity index (χ0n) is 17.3. The molecule has 0 saturated heterocycles. The molecule has 31 heavy (non-hydrogen) atoms. The van der Waals surface area contributed by atoms with Crippen LogP contribution in [0.15, 0.2) is 48.7 Å². The molecule has 0 aliphatic heterocycles. The zero-order valence-corrected chi connectivity index (χ0v) is 18.1. The van der Waals surface area contributed by atoms with E-state index in [1.807, 2.05) is 0 Å². The largest absolute Gasteiger partial charge is 0.505 e. The fourth-order valence-corrected chi connectivity index (χ4v) is 3.59. The first kappa shape index (κ1) is 22.5. The summed E-state index contributed by atoms with van der Waals surface area (Å²) in [5.74, 6) is -0.528. The number of rotatable bonds is 8. The van der Waals surface area contributed by atoms with Crippen LogP contribution in [0.25, 0.3) is 10.9 Å². The van der Waals surface area contributed by atoms with E-state index in [9.17, 15) is 14.7 Å². The maximum Gasteiger partial charge on any atom is 0.251 e. The molecule has 0 spiro atoms. The number of fused-ring (bicyclic) bond motifs is 1. The first-order valence-corrected chi connectivity index (χ1v) is 10.2. The second kappa shape index (κ2) is 10.2. The van der Waals surface area contributed by atoms with Crippen LogP contribution in [0.3, 0.4) is 0 Å². The van der Waals surface area contributed by atoms with Crippen molar-refractivity contribution in [1.29, 1.82) is 0 Å². The molecule has 3 aromatic rings. The van der Waals surface area contributed by atoms with Crippen LogP contribution in [0.2, 0.25) is 5.02 Å². The van der Waals surface area contributed by atoms with E-state index in [4.69, 9.17) is 16.3 Å².